The van der Waals surface area contributed by atoms with Crippen LogP contribution in [0.25, 0.3) is 11.1 Å². The standard InChI is InChI=1S/C17H19NO2/c1-3-18(4-2)17(20)15-12-8-11-14(16(15)19)13-9-6-5-7-10-13/h5-12,19H,3-4H2,1-2H3. The molecule has 1 amide bonds. The summed E-state index contributed by atoms with van der Waals surface area (Å²) in [6, 6.07) is 14.9. The number of benzene rings is 2. The Morgan fingerprint density at radius 3 is 2.25 bits per heavy atom. The van der Waals surface area contributed by atoms with E-state index in [0.717, 1.165) is 5.56 Å². The third-order valence-corrected chi connectivity index (χ3v) is 3.40. The molecule has 0 radical (unpaired) electrons. The SMILES string of the molecule is CCN(CC)C(=O)c1cccc(-c2ccccc2)c1O. The van der Waals surface area contributed by atoms with Gasteiger partial charge < -0.3 is 10.0 Å². The zero-order chi connectivity index (χ0) is 14.5. The van der Waals surface area contributed by atoms with E-state index in [-0.39, 0.29) is 11.7 Å². The Morgan fingerprint density at radius 1 is 1.00 bits per heavy atom. The molecule has 3 nitrogen and oxygen atoms in total. The first-order chi connectivity index (χ1) is 9.69. The van der Waals surface area contributed by atoms with Crippen LogP contribution in [-0.4, -0.2) is 29.0 Å². The van der Waals surface area contributed by atoms with Crippen LogP contribution < -0.4 is 0 Å². The second-order valence-electron chi connectivity index (χ2n) is 4.55. The first-order valence-electron chi connectivity index (χ1n) is 6.85. The monoisotopic (exact) mass is 269 g/mol. The smallest absolute Gasteiger partial charge is 0.257 e. The van der Waals surface area contributed by atoms with Gasteiger partial charge in [-0.25, -0.2) is 0 Å². The number of rotatable bonds is 4. The maximum Gasteiger partial charge on any atom is 0.257 e. The minimum absolute atomic E-state index is 0.0515. The minimum Gasteiger partial charge on any atom is -0.506 e. The molecule has 0 bridgehead atoms. The van der Waals surface area contributed by atoms with Crippen LogP contribution in [0.5, 0.6) is 5.75 Å². The molecule has 0 saturated heterocycles. The summed E-state index contributed by atoms with van der Waals surface area (Å²) in [5.41, 5.74) is 1.94. The van der Waals surface area contributed by atoms with Crippen molar-refractivity contribution in [1.82, 2.24) is 4.90 Å². The summed E-state index contributed by atoms with van der Waals surface area (Å²) in [6.07, 6.45) is 0. The average molecular weight is 269 g/mol. The van der Waals surface area contributed by atoms with Gasteiger partial charge in [0.25, 0.3) is 5.91 Å². The van der Waals surface area contributed by atoms with Gasteiger partial charge in [0.2, 0.25) is 0 Å². The van der Waals surface area contributed by atoms with Crippen LogP contribution >= 0.6 is 0 Å². The Bertz CT molecular complexity index is 589. The molecular formula is C17H19NO2. The van der Waals surface area contributed by atoms with E-state index in [2.05, 4.69) is 0 Å². The molecule has 0 aliphatic heterocycles. The fraction of sp³-hybridized carbons (Fsp3) is 0.235. The van der Waals surface area contributed by atoms with Crippen molar-refractivity contribution in [1.29, 1.82) is 0 Å². The number of carbonyl (C=O) groups is 1. The van der Waals surface area contributed by atoms with E-state index in [4.69, 9.17) is 0 Å². The molecule has 1 N–H and O–H groups in total. The van der Waals surface area contributed by atoms with E-state index in [0.29, 0.717) is 24.2 Å². The fourth-order valence-corrected chi connectivity index (χ4v) is 2.25. The zero-order valence-electron chi connectivity index (χ0n) is 11.8. The normalized spacial score (nSPS) is 10.3. The van der Waals surface area contributed by atoms with Gasteiger partial charge in [-0.05, 0) is 25.5 Å². The van der Waals surface area contributed by atoms with Crippen LogP contribution in [0.1, 0.15) is 24.2 Å². The molecule has 20 heavy (non-hydrogen) atoms. The van der Waals surface area contributed by atoms with Crippen LogP contribution in [0.2, 0.25) is 0 Å². The molecule has 0 saturated carbocycles. The van der Waals surface area contributed by atoms with E-state index < -0.39 is 0 Å². The largest absolute Gasteiger partial charge is 0.506 e. The van der Waals surface area contributed by atoms with E-state index >= 15 is 0 Å². The quantitative estimate of drug-likeness (QED) is 0.922. The van der Waals surface area contributed by atoms with Crippen molar-refractivity contribution in [2.24, 2.45) is 0 Å². The number of hydrogen-bond donors (Lipinski definition) is 1. The van der Waals surface area contributed by atoms with E-state index in [1.165, 1.54) is 0 Å². The summed E-state index contributed by atoms with van der Waals surface area (Å²) in [5, 5.41) is 10.4. The predicted octanol–water partition coefficient (Wildman–Crippen LogP) is 3.54. The Balaban J connectivity index is 2.45. The summed E-state index contributed by atoms with van der Waals surface area (Å²) >= 11 is 0. The average Bonchev–Trinajstić information content (AvgIpc) is 2.49. The summed E-state index contributed by atoms with van der Waals surface area (Å²) in [4.78, 5) is 14.1. The molecule has 2 aromatic carbocycles. The van der Waals surface area contributed by atoms with Crippen molar-refractivity contribution in [3.05, 3.63) is 54.1 Å². The molecule has 0 aliphatic rings. The van der Waals surface area contributed by atoms with Crippen LogP contribution in [-0.2, 0) is 0 Å². The third-order valence-electron chi connectivity index (χ3n) is 3.40. The van der Waals surface area contributed by atoms with Crippen LogP contribution in [0.15, 0.2) is 48.5 Å². The van der Waals surface area contributed by atoms with Gasteiger partial charge >= 0.3 is 0 Å². The highest BCUT2D eigenvalue weighted by Crippen LogP contribution is 2.32. The first kappa shape index (κ1) is 14.1. The van der Waals surface area contributed by atoms with Gasteiger partial charge in [-0.3, -0.25) is 4.79 Å². The lowest BCUT2D eigenvalue weighted by atomic mass is 10.0. The lowest BCUT2D eigenvalue weighted by Gasteiger charge is -2.20. The molecule has 104 valence electrons. The number of carbonyl (C=O) groups excluding carboxylic acids is 1. The van der Waals surface area contributed by atoms with Crippen molar-refractivity contribution >= 4 is 5.91 Å². The number of phenols is 1. The minimum atomic E-state index is -0.134. The van der Waals surface area contributed by atoms with Gasteiger partial charge in [0, 0.05) is 18.7 Å². The van der Waals surface area contributed by atoms with E-state index in [1.54, 1.807) is 17.0 Å². The highest BCUT2D eigenvalue weighted by Gasteiger charge is 2.18. The Labute approximate surface area is 119 Å². The maximum atomic E-state index is 12.4. The summed E-state index contributed by atoms with van der Waals surface area (Å²) in [5.74, 6) is -0.0825. The molecule has 0 aromatic heterocycles. The number of nitrogens with zero attached hydrogens (tertiary/aromatic N) is 1. The number of para-hydroxylation sites is 1. The molecular weight excluding hydrogens is 250 g/mol. The van der Waals surface area contributed by atoms with Gasteiger partial charge in [-0.15, -0.1) is 0 Å². The molecule has 2 aromatic rings. The van der Waals surface area contributed by atoms with Crippen LogP contribution in [0, 0.1) is 0 Å². The Morgan fingerprint density at radius 2 is 1.65 bits per heavy atom. The molecule has 0 fully saturated rings. The molecule has 0 aliphatic carbocycles. The highest BCUT2D eigenvalue weighted by molar-refractivity contribution is 5.99. The highest BCUT2D eigenvalue weighted by atomic mass is 16.3. The summed E-state index contributed by atoms with van der Waals surface area (Å²) in [6.45, 7) is 5.12. The maximum absolute atomic E-state index is 12.4. The fourth-order valence-electron chi connectivity index (χ4n) is 2.25. The summed E-state index contributed by atoms with van der Waals surface area (Å²) < 4.78 is 0. The van der Waals surface area contributed by atoms with Crippen LogP contribution in [0.3, 0.4) is 0 Å². The van der Waals surface area contributed by atoms with Crippen molar-refractivity contribution < 1.29 is 9.90 Å². The van der Waals surface area contributed by atoms with Crippen LogP contribution in [0.4, 0.5) is 0 Å². The van der Waals surface area contributed by atoms with Gasteiger partial charge in [-0.2, -0.15) is 0 Å². The number of aromatic hydroxyl groups is 1. The van der Waals surface area contributed by atoms with Crippen molar-refractivity contribution in [2.75, 3.05) is 13.1 Å². The van der Waals surface area contributed by atoms with Gasteiger partial charge in [-0.1, -0.05) is 42.5 Å². The molecule has 0 heterocycles. The number of hydrogen-bond acceptors (Lipinski definition) is 2. The van der Waals surface area contributed by atoms with Gasteiger partial charge in [0.05, 0.1) is 5.56 Å². The first-order valence-corrected chi connectivity index (χ1v) is 6.85. The van der Waals surface area contributed by atoms with Gasteiger partial charge in [0.1, 0.15) is 5.75 Å². The molecule has 3 heteroatoms. The Kier molecular flexibility index (Phi) is 4.41. The molecule has 2 rings (SSSR count). The molecule has 0 atom stereocenters. The second-order valence-corrected chi connectivity index (χ2v) is 4.55. The number of phenolic OH excluding ortho intramolecular Hbond substituents is 1. The summed E-state index contributed by atoms with van der Waals surface area (Å²) in [7, 11) is 0. The topological polar surface area (TPSA) is 40.5 Å². The Hall–Kier alpha value is -2.29. The predicted molar refractivity (Wildman–Crippen MR) is 80.8 cm³/mol. The third kappa shape index (κ3) is 2.67. The van der Waals surface area contributed by atoms with Crippen molar-refractivity contribution in [3.8, 4) is 16.9 Å². The van der Waals surface area contributed by atoms with Crippen molar-refractivity contribution in [2.45, 2.75) is 13.8 Å². The lowest BCUT2D eigenvalue weighted by Crippen LogP contribution is -2.30. The van der Waals surface area contributed by atoms with E-state index in [1.807, 2.05) is 50.2 Å². The molecule has 0 spiro atoms. The molecule has 0 unspecified atom stereocenters. The lowest BCUT2D eigenvalue weighted by molar-refractivity contribution is 0.0770. The zero-order valence-corrected chi connectivity index (χ0v) is 11.8. The van der Waals surface area contributed by atoms with E-state index in [9.17, 15) is 9.90 Å². The second kappa shape index (κ2) is 6.24. The number of amides is 1. The van der Waals surface area contributed by atoms with Gasteiger partial charge in [0.15, 0.2) is 0 Å². The van der Waals surface area contributed by atoms with Crippen molar-refractivity contribution in [3.63, 3.8) is 0 Å².